The van der Waals surface area contributed by atoms with Crippen LogP contribution in [-0.4, -0.2) is 19.7 Å². The van der Waals surface area contributed by atoms with E-state index in [0.29, 0.717) is 6.04 Å². The maximum absolute atomic E-state index is 7.48. The van der Waals surface area contributed by atoms with E-state index in [1.165, 1.54) is 0 Å². The highest BCUT2D eigenvalue weighted by Gasteiger charge is 2.14. The van der Waals surface area contributed by atoms with Crippen molar-refractivity contribution in [3.8, 4) is 0 Å². The fraction of sp³-hybridized carbons (Fsp3) is 0.400. The number of rotatable bonds is 1. The molecule has 1 unspecified atom stereocenters. The maximum Gasteiger partial charge on any atom is 0.0949 e. The topological polar surface area (TPSA) is 21.3 Å². The Balaban J connectivity index is 2.14. The molecule has 0 spiro atoms. The van der Waals surface area contributed by atoms with Crippen molar-refractivity contribution < 1.29 is 6.11 Å². The number of ether oxygens (including phenoxy) is 1. The molecule has 0 aromatic heterocycles. The average molecular weight is 164 g/mol. The van der Waals surface area contributed by atoms with Gasteiger partial charge in [-0.1, -0.05) is 30.3 Å². The third kappa shape index (κ3) is 1.65. The van der Waals surface area contributed by atoms with E-state index < -0.39 is 0 Å². The molecule has 1 aliphatic heterocycles. The van der Waals surface area contributed by atoms with Crippen LogP contribution in [0.15, 0.2) is 30.3 Å². The molecule has 2 rings (SSSR count). The van der Waals surface area contributed by atoms with Crippen LogP contribution in [0.4, 0.5) is 0 Å². The Labute approximate surface area is 74.0 Å². The van der Waals surface area contributed by atoms with E-state index in [0.717, 1.165) is 25.3 Å². The zero-order valence-corrected chi connectivity index (χ0v) is 6.92. The van der Waals surface area contributed by atoms with Crippen molar-refractivity contribution in [3.63, 3.8) is 0 Å². The van der Waals surface area contributed by atoms with Crippen LogP contribution in [0.5, 0.6) is 0 Å². The minimum atomic E-state index is 0.124. The predicted octanol–water partition coefficient (Wildman–Crippen LogP) is 1.35. The van der Waals surface area contributed by atoms with E-state index in [-0.39, 0.29) is 6.10 Å². The van der Waals surface area contributed by atoms with Crippen LogP contribution in [0.25, 0.3) is 0 Å². The highest BCUT2D eigenvalue weighted by Crippen LogP contribution is 2.17. The van der Waals surface area contributed by atoms with Crippen molar-refractivity contribution in [2.75, 3.05) is 19.7 Å². The summed E-state index contributed by atoms with van der Waals surface area (Å²) in [4.78, 5) is 0. The molecular weight excluding hydrogens is 150 g/mol. The van der Waals surface area contributed by atoms with Crippen molar-refractivity contribution in [1.82, 2.24) is 5.32 Å². The van der Waals surface area contributed by atoms with Crippen LogP contribution in [0.2, 0.25) is 0 Å². The fourth-order valence-electron chi connectivity index (χ4n) is 1.39. The lowest BCUT2D eigenvalue weighted by atomic mass is 10.1. The molecule has 1 aromatic rings. The van der Waals surface area contributed by atoms with Gasteiger partial charge in [0.15, 0.2) is 0 Å². The van der Waals surface area contributed by atoms with E-state index in [1.807, 2.05) is 18.2 Å². The summed E-state index contributed by atoms with van der Waals surface area (Å²) in [5.74, 6) is 0. The monoisotopic (exact) mass is 164 g/mol. The van der Waals surface area contributed by atoms with Gasteiger partial charge in [-0.3, -0.25) is 0 Å². The van der Waals surface area contributed by atoms with Gasteiger partial charge in [0.2, 0.25) is 0 Å². The molecule has 0 amide bonds. The Hall–Kier alpha value is -0.860. The first kappa shape index (κ1) is 6.63. The molecule has 2 heteroatoms. The van der Waals surface area contributed by atoms with Crippen molar-refractivity contribution >= 4 is 0 Å². The first-order valence-corrected chi connectivity index (χ1v) is 4.25. The molecule has 1 heterocycles. The summed E-state index contributed by atoms with van der Waals surface area (Å²) in [6.45, 7) is 2.54. The summed E-state index contributed by atoms with van der Waals surface area (Å²) in [5, 5.41) is 3.27. The second-order valence-electron chi connectivity index (χ2n) is 2.90. The molecule has 1 saturated heterocycles. The maximum atomic E-state index is 7.48. The third-order valence-electron chi connectivity index (χ3n) is 2.03. The van der Waals surface area contributed by atoms with E-state index in [2.05, 4.69) is 5.32 Å². The van der Waals surface area contributed by atoms with Gasteiger partial charge in [0.05, 0.1) is 14.1 Å². The van der Waals surface area contributed by atoms with E-state index in [1.54, 1.807) is 6.07 Å². The fourth-order valence-corrected chi connectivity index (χ4v) is 1.39. The summed E-state index contributed by atoms with van der Waals surface area (Å²) >= 11 is 0. The van der Waals surface area contributed by atoms with Crippen LogP contribution in [0, 0.1) is 0 Å². The van der Waals surface area contributed by atoms with Gasteiger partial charge < -0.3 is 10.1 Å². The summed E-state index contributed by atoms with van der Waals surface area (Å²) in [7, 11) is 0. The lowest BCUT2D eigenvalue weighted by Gasteiger charge is -2.23. The van der Waals surface area contributed by atoms with Crippen molar-refractivity contribution in [1.29, 1.82) is 0 Å². The second-order valence-corrected chi connectivity index (χ2v) is 2.90. The first-order valence-electron chi connectivity index (χ1n) is 4.75. The molecule has 1 atom stereocenters. The van der Waals surface area contributed by atoms with Crippen LogP contribution in [-0.2, 0) is 4.74 Å². The smallest absolute Gasteiger partial charge is 0.0949 e. The van der Waals surface area contributed by atoms with Gasteiger partial charge in [0.1, 0.15) is 0 Å². The Morgan fingerprint density at radius 1 is 1.50 bits per heavy atom. The number of hydrogen-bond acceptors (Lipinski definition) is 2. The van der Waals surface area contributed by atoms with E-state index >= 15 is 0 Å². The van der Waals surface area contributed by atoms with Crippen LogP contribution in [0.3, 0.4) is 0 Å². The SMILES string of the molecule is [2H]c1cccc(C2CNCCO2)c1. The van der Waals surface area contributed by atoms with Crippen LogP contribution >= 0.6 is 0 Å². The number of benzene rings is 1. The highest BCUT2D eigenvalue weighted by molar-refractivity contribution is 5.18. The van der Waals surface area contributed by atoms with Gasteiger partial charge in [-0.2, -0.15) is 0 Å². The minimum Gasteiger partial charge on any atom is -0.371 e. The summed E-state index contributed by atoms with van der Waals surface area (Å²) < 4.78 is 13.1. The minimum absolute atomic E-state index is 0.124. The van der Waals surface area contributed by atoms with E-state index in [9.17, 15) is 0 Å². The van der Waals surface area contributed by atoms with Gasteiger partial charge in [0.25, 0.3) is 0 Å². The van der Waals surface area contributed by atoms with Crippen LogP contribution < -0.4 is 5.32 Å². The van der Waals surface area contributed by atoms with E-state index in [4.69, 9.17) is 6.11 Å². The lowest BCUT2D eigenvalue weighted by Crippen LogP contribution is -2.33. The first-order chi connectivity index (χ1) is 6.36. The van der Waals surface area contributed by atoms with Crippen molar-refractivity contribution in [2.24, 2.45) is 0 Å². The molecule has 64 valence electrons. The summed E-state index contributed by atoms with van der Waals surface area (Å²) in [6.07, 6.45) is 0.124. The van der Waals surface area contributed by atoms with Gasteiger partial charge in [0, 0.05) is 13.1 Å². The van der Waals surface area contributed by atoms with Crippen molar-refractivity contribution in [3.05, 3.63) is 35.9 Å². The number of nitrogens with one attached hydrogen (secondary N) is 1. The van der Waals surface area contributed by atoms with Crippen LogP contribution in [0.1, 0.15) is 13.0 Å². The Morgan fingerprint density at radius 3 is 3.25 bits per heavy atom. The molecule has 1 N–H and O–H groups in total. The zero-order chi connectivity index (χ0) is 9.10. The molecule has 0 radical (unpaired) electrons. The standard InChI is InChI=1S/C10H13NO/c1-2-4-9(5-3-1)10-8-11-6-7-12-10/h1-5,10-11H,6-8H2/i2D. The highest BCUT2D eigenvalue weighted by atomic mass is 16.5. The average Bonchev–Trinajstić information content (AvgIpc) is 2.19. The molecule has 2 nitrogen and oxygen atoms in total. The molecule has 1 aliphatic rings. The quantitative estimate of drug-likeness (QED) is 0.676. The Bertz CT molecular complexity index is 284. The Kier molecular flexibility index (Phi) is 2.04. The lowest BCUT2D eigenvalue weighted by molar-refractivity contribution is 0.0277. The molecular formula is C10H13NO. The van der Waals surface area contributed by atoms with Crippen molar-refractivity contribution in [2.45, 2.75) is 6.10 Å². The molecule has 0 saturated carbocycles. The molecule has 0 aliphatic carbocycles. The normalized spacial score (nSPS) is 25.0. The van der Waals surface area contributed by atoms with Gasteiger partial charge in [-0.15, -0.1) is 0 Å². The van der Waals surface area contributed by atoms with Gasteiger partial charge in [-0.25, -0.2) is 0 Å². The summed E-state index contributed by atoms with van der Waals surface area (Å²) in [5.41, 5.74) is 1.10. The molecule has 1 aromatic carbocycles. The molecule has 0 bridgehead atoms. The van der Waals surface area contributed by atoms with Gasteiger partial charge in [-0.05, 0) is 5.56 Å². The second kappa shape index (κ2) is 3.70. The third-order valence-corrected chi connectivity index (χ3v) is 2.03. The Morgan fingerprint density at radius 2 is 2.50 bits per heavy atom. The van der Waals surface area contributed by atoms with Gasteiger partial charge >= 0.3 is 0 Å². The number of hydrogen-bond donors (Lipinski definition) is 1. The molecule has 12 heavy (non-hydrogen) atoms. The largest absolute Gasteiger partial charge is 0.371 e. The number of morpholine rings is 1. The zero-order valence-electron chi connectivity index (χ0n) is 7.92. The summed E-state index contributed by atoms with van der Waals surface area (Å²) in [6, 6.07) is 8.09. The predicted molar refractivity (Wildman–Crippen MR) is 48.0 cm³/mol. The molecule has 1 fully saturated rings.